The van der Waals surface area contributed by atoms with E-state index in [2.05, 4.69) is 10.6 Å². The Kier molecular flexibility index (Phi) is 7.91. The molecule has 0 saturated heterocycles. The molecule has 6 heteroatoms. The Morgan fingerprint density at radius 3 is 2.36 bits per heavy atom. The number of rotatable bonds is 6. The van der Waals surface area contributed by atoms with E-state index in [-0.39, 0.29) is 24.2 Å². The molecular formula is C16H24ClN3O2. The molecule has 122 valence electrons. The number of nitrogens with two attached hydrogens (primary N) is 1. The smallest absolute Gasteiger partial charge is 0.251 e. The third-order valence-electron chi connectivity index (χ3n) is 3.73. The average molecular weight is 326 g/mol. The Morgan fingerprint density at radius 1 is 1.14 bits per heavy atom. The van der Waals surface area contributed by atoms with Crippen LogP contribution in [0.1, 0.15) is 48.9 Å². The zero-order valence-electron chi connectivity index (χ0n) is 12.6. The van der Waals surface area contributed by atoms with Crippen LogP contribution in [-0.4, -0.2) is 24.4 Å². The van der Waals surface area contributed by atoms with Crippen LogP contribution in [0.25, 0.3) is 0 Å². The van der Waals surface area contributed by atoms with Gasteiger partial charge in [0.15, 0.2) is 0 Å². The third-order valence-corrected chi connectivity index (χ3v) is 3.73. The highest BCUT2D eigenvalue weighted by molar-refractivity contribution is 5.96. The predicted molar refractivity (Wildman–Crippen MR) is 90.3 cm³/mol. The van der Waals surface area contributed by atoms with E-state index in [0.29, 0.717) is 36.7 Å². The monoisotopic (exact) mass is 325 g/mol. The van der Waals surface area contributed by atoms with E-state index in [1.54, 1.807) is 24.3 Å². The van der Waals surface area contributed by atoms with Crippen LogP contribution in [0.4, 0.5) is 5.69 Å². The van der Waals surface area contributed by atoms with Gasteiger partial charge in [0.05, 0.1) is 0 Å². The summed E-state index contributed by atoms with van der Waals surface area (Å²) in [6.07, 6.45) is 5.62. The van der Waals surface area contributed by atoms with E-state index < -0.39 is 0 Å². The van der Waals surface area contributed by atoms with Crippen LogP contribution in [0.15, 0.2) is 24.3 Å². The normalized spacial score (nSPS) is 14.2. The lowest BCUT2D eigenvalue weighted by atomic mass is 10.1. The van der Waals surface area contributed by atoms with E-state index in [0.717, 1.165) is 12.8 Å². The molecule has 0 unspecified atom stereocenters. The molecule has 5 nitrogen and oxygen atoms in total. The summed E-state index contributed by atoms with van der Waals surface area (Å²) >= 11 is 0. The van der Waals surface area contributed by atoms with Gasteiger partial charge in [0.2, 0.25) is 5.91 Å². The van der Waals surface area contributed by atoms with Crippen molar-refractivity contribution in [1.82, 2.24) is 5.32 Å². The average Bonchev–Trinajstić information content (AvgIpc) is 2.98. The van der Waals surface area contributed by atoms with Crippen molar-refractivity contribution in [3.8, 4) is 0 Å². The van der Waals surface area contributed by atoms with Crippen LogP contribution in [0.3, 0.4) is 0 Å². The summed E-state index contributed by atoms with van der Waals surface area (Å²) in [6.45, 7) is 0.508. The summed E-state index contributed by atoms with van der Waals surface area (Å²) in [5.41, 5.74) is 6.70. The molecule has 22 heavy (non-hydrogen) atoms. The van der Waals surface area contributed by atoms with Crippen molar-refractivity contribution in [3.63, 3.8) is 0 Å². The Labute approximate surface area is 137 Å². The number of anilines is 1. The number of carbonyl (C=O) groups is 2. The van der Waals surface area contributed by atoms with E-state index in [1.165, 1.54) is 12.8 Å². The summed E-state index contributed by atoms with van der Waals surface area (Å²) in [5.74, 6) is -0.0912. The van der Waals surface area contributed by atoms with Crippen LogP contribution in [0.5, 0.6) is 0 Å². The zero-order valence-corrected chi connectivity index (χ0v) is 13.5. The van der Waals surface area contributed by atoms with E-state index in [9.17, 15) is 9.59 Å². The van der Waals surface area contributed by atoms with Crippen LogP contribution in [-0.2, 0) is 4.79 Å². The fraction of sp³-hybridized carbons (Fsp3) is 0.500. The second-order valence-electron chi connectivity index (χ2n) is 5.47. The number of benzene rings is 1. The van der Waals surface area contributed by atoms with Crippen molar-refractivity contribution in [2.45, 2.75) is 44.6 Å². The first-order chi connectivity index (χ1) is 10.2. The third kappa shape index (κ3) is 5.66. The Balaban J connectivity index is 0.00000242. The summed E-state index contributed by atoms with van der Waals surface area (Å²) in [6, 6.07) is 7.30. The minimum Gasteiger partial charge on any atom is -0.349 e. The number of nitrogens with one attached hydrogen (secondary N) is 2. The standard InChI is InChI=1S/C16H23N3O2.ClH/c17-11-3-6-15(20)18-14-9-7-12(8-10-14)16(21)19-13-4-1-2-5-13;/h7-10,13H,1-6,11,17H2,(H,18,20)(H,19,21);1H. The molecule has 1 aromatic carbocycles. The van der Waals surface area contributed by atoms with Gasteiger partial charge in [0.25, 0.3) is 5.91 Å². The van der Waals surface area contributed by atoms with Gasteiger partial charge in [-0.2, -0.15) is 0 Å². The number of carbonyl (C=O) groups excluding carboxylic acids is 2. The second-order valence-corrected chi connectivity index (χ2v) is 5.47. The van der Waals surface area contributed by atoms with Gasteiger partial charge in [-0.05, 0) is 50.1 Å². The molecule has 1 aliphatic rings. The van der Waals surface area contributed by atoms with Crippen molar-refractivity contribution >= 4 is 29.9 Å². The van der Waals surface area contributed by atoms with E-state index in [4.69, 9.17) is 5.73 Å². The highest BCUT2D eigenvalue weighted by Gasteiger charge is 2.17. The molecule has 2 amide bonds. The Morgan fingerprint density at radius 2 is 1.77 bits per heavy atom. The summed E-state index contributed by atoms with van der Waals surface area (Å²) < 4.78 is 0. The van der Waals surface area contributed by atoms with Crippen molar-refractivity contribution in [1.29, 1.82) is 0 Å². The van der Waals surface area contributed by atoms with Gasteiger partial charge in [0.1, 0.15) is 0 Å². The Hall–Kier alpha value is -1.59. The van der Waals surface area contributed by atoms with Crippen LogP contribution >= 0.6 is 12.4 Å². The number of halogens is 1. The topological polar surface area (TPSA) is 84.2 Å². The number of hydrogen-bond donors (Lipinski definition) is 3. The van der Waals surface area contributed by atoms with Crippen molar-refractivity contribution in [2.24, 2.45) is 5.73 Å². The fourth-order valence-corrected chi connectivity index (χ4v) is 2.53. The molecule has 0 bridgehead atoms. The molecule has 0 aliphatic heterocycles. The maximum Gasteiger partial charge on any atom is 0.251 e. The van der Waals surface area contributed by atoms with Crippen LogP contribution in [0.2, 0.25) is 0 Å². The molecule has 4 N–H and O–H groups in total. The van der Waals surface area contributed by atoms with Gasteiger partial charge in [-0.15, -0.1) is 12.4 Å². The molecule has 1 saturated carbocycles. The first kappa shape index (κ1) is 18.5. The highest BCUT2D eigenvalue weighted by atomic mass is 35.5. The SMILES string of the molecule is Cl.NCCCC(=O)Nc1ccc(C(=O)NC2CCCC2)cc1. The van der Waals surface area contributed by atoms with Crippen LogP contribution in [0, 0.1) is 0 Å². The quantitative estimate of drug-likeness (QED) is 0.751. The van der Waals surface area contributed by atoms with Crippen molar-refractivity contribution in [2.75, 3.05) is 11.9 Å². The summed E-state index contributed by atoms with van der Waals surface area (Å²) in [5, 5.41) is 5.83. The first-order valence-corrected chi connectivity index (χ1v) is 7.60. The predicted octanol–water partition coefficient (Wildman–Crippen LogP) is 2.46. The van der Waals surface area contributed by atoms with Gasteiger partial charge in [-0.1, -0.05) is 12.8 Å². The lowest BCUT2D eigenvalue weighted by Gasteiger charge is -2.12. The van der Waals surface area contributed by atoms with Gasteiger partial charge in [-0.3, -0.25) is 9.59 Å². The largest absolute Gasteiger partial charge is 0.349 e. The van der Waals surface area contributed by atoms with Crippen molar-refractivity contribution in [3.05, 3.63) is 29.8 Å². The first-order valence-electron chi connectivity index (χ1n) is 7.60. The fourth-order valence-electron chi connectivity index (χ4n) is 2.53. The van der Waals surface area contributed by atoms with Crippen molar-refractivity contribution < 1.29 is 9.59 Å². The van der Waals surface area contributed by atoms with Gasteiger partial charge < -0.3 is 16.4 Å². The summed E-state index contributed by atoms with van der Waals surface area (Å²) in [7, 11) is 0. The number of hydrogen-bond acceptors (Lipinski definition) is 3. The molecular weight excluding hydrogens is 302 g/mol. The minimum atomic E-state index is -0.0522. The highest BCUT2D eigenvalue weighted by Crippen LogP contribution is 2.18. The van der Waals surface area contributed by atoms with Gasteiger partial charge in [0, 0.05) is 23.7 Å². The maximum atomic E-state index is 12.1. The molecule has 0 atom stereocenters. The zero-order chi connectivity index (χ0) is 15.1. The lowest BCUT2D eigenvalue weighted by Crippen LogP contribution is -2.32. The second kappa shape index (κ2) is 9.43. The molecule has 2 rings (SSSR count). The maximum absolute atomic E-state index is 12.1. The Bertz CT molecular complexity index is 485. The molecule has 1 aromatic rings. The molecule has 0 aromatic heterocycles. The number of amides is 2. The minimum absolute atomic E-state index is 0. The molecule has 0 heterocycles. The molecule has 0 spiro atoms. The van der Waals surface area contributed by atoms with E-state index >= 15 is 0 Å². The lowest BCUT2D eigenvalue weighted by molar-refractivity contribution is -0.116. The molecule has 1 fully saturated rings. The summed E-state index contributed by atoms with van der Waals surface area (Å²) in [4.78, 5) is 23.6. The molecule has 1 aliphatic carbocycles. The van der Waals surface area contributed by atoms with Gasteiger partial charge in [-0.25, -0.2) is 0 Å². The van der Waals surface area contributed by atoms with Gasteiger partial charge >= 0.3 is 0 Å². The van der Waals surface area contributed by atoms with Crippen LogP contribution < -0.4 is 16.4 Å². The molecule has 0 radical (unpaired) electrons. The van der Waals surface area contributed by atoms with E-state index in [1.807, 2.05) is 0 Å².